The molecule has 2 aliphatic rings. The lowest BCUT2D eigenvalue weighted by atomic mass is 10.0. The van der Waals surface area contributed by atoms with E-state index in [-0.39, 0.29) is 17.0 Å². The molecule has 2 fully saturated rings. The van der Waals surface area contributed by atoms with E-state index in [1.165, 1.54) is 17.4 Å². The maximum absolute atomic E-state index is 13.5. The first-order valence-corrected chi connectivity index (χ1v) is 14.7. The van der Waals surface area contributed by atoms with E-state index in [1.54, 1.807) is 16.4 Å². The van der Waals surface area contributed by atoms with Crippen LogP contribution in [0.15, 0.2) is 40.0 Å². The summed E-state index contributed by atoms with van der Waals surface area (Å²) in [6.07, 6.45) is 3.28. The molecule has 206 valence electrons. The molecule has 39 heavy (non-hydrogen) atoms. The van der Waals surface area contributed by atoms with Crippen LogP contribution in [0.1, 0.15) is 43.4 Å². The zero-order valence-corrected chi connectivity index (χ0v) is 24.4. The molecule has 1 aromatic heterocycles. The minimum absolute atomic E-state index is 0.119. The van der Waals surface area contributed by atoms with Crippen LogP contribution in [0.5, 0.6) is 0 Å². The van der Waals surface area contributed by atoms with Crippen LogP contribution in [0.4, 0.5) is 11.5 Å². The number of nitrogens with zero attached hydrogens (tertiary/aromatic N) is 5. The van der Waals surface area contributed by atoms with Gasteiger partial charge in [-0.25, -0.2) is 0 Å². The van der Waals surface area contributed by atoms with Crippen molar-refractivity contribution in [2.24, 2.45) is 0 Å². The number of rotatable bonds is 10. The molecule has 3 heterocycles. The van der Waals surface area contributed by atoms with Gasteiger partial charge in [0.05, 0.1) is 4.91 Å². The highest BCUT2D eigenvalue weighted by atomic mass is 32.2. The van der Waals surface area contributed by atoms with Crippen molar-refractivity contribution >= 4 is 51.8 Å². The van der Waals surface area contributed by atoms with Crippen molar-refractivity contribution in [2.45, 2.75) is 40.2 Å². The largest absolute Gasteiger partial charge is 0.382 e. The van der Waals surface area contributed by atoms with Gasteiger partial charge in [0.25, 0.3) is 11.5 Å². The van der Waals surface area contributed by atoms with Gasteiger partial charge in [0.15, 0.2) is 0 Å². The van der Waals surface area contributed by atoms with Crippen molar-refractivity contribution in [1.29, 1.82) is 5.26 Å². The molecule has 0 spiro atoms. The fourth-order valence-electron chi connectivity index (χ4n) is 5.02. The lowest BCUT2D eigenvalue weighted by Gasteiger charge is -2.39. The maximum Gasteiger partial charge on any atom is 0.270 e. The van der Waals surface area contributed by atoms with E-state index < -0.39 is 0 Å². The summed E-state index contributed by atoms with van der Waals surface area (Å²) < 4.78 is 7.65. The van der Waals surface area contributed by atoms with Gasteiger partial charge in [0, 0.05) is 63.7 Å². The summed E-state index contributed by atoms with van der Waals surface area (Å²) in [5.74, 6) is 0.625. The molecular formula is C29H35N5O3S2. The van der Waals surface area contributed by atoms with Crippen molar-refractivity contribution in [3.05, 3.63) is 62.3 Å². The SMILES string of the molecule is CCCn1c(N2CCN(c3ccccc3)CC2)c(/C=C2/SC(=S)N(CCCOCC)C2=O)c(C)c(C#N)c1=O. The minimum atomic E-state index is -0.280. The molecule has 4 rings (SSSR count). The van der Waals surface area contributed by atoms with Crippen LogP contribution in [0, 0.1) is 18.3 Å². The molecule has 0 N–H and O–H groups in total. The molecule has 0 atom stereocenters. The number of hydrogen-bond acceptors (Lipinski definition) is 8. The second kappa shape index (κ2) is 13.3. The molecular weight excluding hydrogens is 530 g/mol. The van der Waals surface area contributed by atoms with Crippen LogP contribution >= 0.6 is 24.0 Å². The van der Waals surface area contributed by atoms with Crippen LogP contribution < -0.4 is 15.4 Å². The monoisotopic (exact) mass is 565 g/mol. The van der Waals surface area contributed by atoms with Crippen molar-refractivity contribution in [3.63, 3.8) is 0 Å². The lowest BCUT2D eigenvalue weighted by molar-refractivity contribution is -0.122. The average molecular weight is 566 g/mol. The summed E-state index contributed by atoms with van der Waals surface area (Å²) in [6, 6.07) is 12.4. The molecule has 2 aliphatic heterocycles. The number of pyridine rings is 1. The summed E-state index contributed by atoms with van der Waals surface area (Å²) in [5, 5.41) is 9.90. The molecule has 0 unspecified atom stereocenters. The Labute approximate surface area is 239 Å². The van der Waals surface area contributed by atoms with E-state index in [0.717, 1.165) is 30.9 Å². The number of benzene rings is 1. The normalized spacial score (nSPS) is 16.9. The molecule has 0 saturated carbocycles. The van der Waals surface area contributed by atoms with Gasteiger partial charge in [-0.15, -0.1) is 0 Å². The number of carbonyl (C=O) groups excluding carboxylic acids is 1. The predicted molar refractivity (Wildman–Crippen MR) is 162 cm³/mol. The standard InChI is InChI=1S/C29H35N5O3S2/c1-4-12-33-26(32-16-14-31(15-17-32)22-10-7-6-8-11-22)23(21(3)24(20-30)27(33)35)19-25-28(36)34(29(38)39-25)13-9-18-37-5-2/h6-8,10-11,19H,4-5,9,12-18H2,1-3H3/b25-19+. The maximum atomic E-state index is 13.5. The number of nitriles is 1. The van der Waals surface area contributed by atoms with E-state index in [4.69, 9.17) is 17.0 Å². The topological polar surface area (TPSA) is 81.8 Å². The van der Waals surface area contributed by atoms with Crippen molar-refractivity contribution in [1.82, 2.24) is 9.47 Å². The van der Waals surface area contributed by atoms with Gasteiger partial charge in [0.1, 0.15) is 21.8 Å². The first kappa shape index (κ1) is 28.9. The van der Waals surface area contributed by atoms with Gasteiger partial charge >= 0.3 is 0 Å². The smallest absolute Gasteiger partial charge is 0.270 e. The molecule has 0 bridgehead atoms. The summed E-state index contributed by atoms with van der Waals surface area (Å²) in [4.78, 5) is 33.5. The van der Waals surface area contributed by atoms with Gasteiger partial charge in [-0.1, -0.05) is 49.1 Å². The number of aromatic nitrogens is 1. The Hall–Kier alpha value is -3.13. The third kappa shape index (κ3) is 6.21. The minimum Gasteiger partial charge on any atom is -0.382 e. The van der Waals surface area contributed by atoms with Crippen LogP contribution in [-0.2, 0) is 16.1 Å². The van der Waals surface area contributed by atoms with Crippen molar-refractivity contribution < 1.29 is 9.53 Å². The molecule has 2 saturated heterocycles. The first-order chi connectivity index (χ1) is 18.9. The number of thiocarbonyl (C=S) groups is 1. The first-order valence-electron chi connectivity index (χ1n) is 13.5. The Morgan fingerprint density at radius 1 is 1.08 bits per heavy atom. The fraction of sp³-hybridized carbons (Fsp3) is 0.448. The molecule has 1 aromatic carbocycles. The summed E-state index contributed by atoms with van der Waals surface area (Å²) in [7, 11) is 0. The van der Waals surface area contributed by atoms with Gasteiger partial charge < -0.3 is 14.5 Å². The third-order valence-corrected chi connectivity index (χ3v) is 8.40. The van der Waals surface area contributed by atoms with E-state index in [2.05, 4.69) is 28.0 Å². The highest BCUT2D eigenvalue weighted by molar-refractivity contribution is 8.26. The average Bonchev–Trinajstić information content (AvgIpc) is 3.22. The molecule has 10 heteroatoms. The highest BCUT2D eigenvalue weighted by Gasteiger charge is 2.33. The number of anilines is 2. The Kier molecular flexibility index (Phi) is 9.83. The van der Waals surface area contributed by atoms with E-state index >= 15 is 0 Å². The van der Waals surface area contributed by atoms with Crippen LogP contribution in [-0.4, -0.2) is 65.6 Å². The number of ether oxygens (including phenoxy) is 1. The van der Waals surface area contributed by atoms with Gasteiger partial charge in [-0.05, 0) is 50.5 Å². The summed E-state index contributed by atoms with van der Waals surface area (Å²) in [5.41, 5.74) is 2.35. The van der Waals surface area contributed by atoms with Crippen molar-refractivity contribution in [2.75, 3.05) is 55.7 Å². The van der Waals surface area contributed by atoms with Crippen LogP contribution in [0.3, 0.4) is 0 Å². The Bertz CT molecular complexity index is 1340. The summed E-state index contributed by atoms with van der Waals surface area (Å²) >= 11 is 6.81. The molecule has 2 aromatic rings. The number of amides is 1. The molecule has 0 aliphatic carbocycles. The molecule has 0 radical (unpaired) electrons. The number of hydrogen-bond donors (Lipinski definition) is 0. The second-order valence-corrected chi connectivity index (χ2v) is 11.2. The number of thioether (sulfide) groups is 1. The lowest BCUT2D eigenvalue weighted by Crippen LogP contribution is -2.48. The number of piperazine rings is 1. The molecule has 8 nitrogen and oxygen atoms in total. The van der Waals surface area contributed by atoms with E-state index in [9.17, 15) is 14.9 Å². The zero-order chi connectivity index (χ0) is 27.9. The fourth-order valence-corrected chi connectivity index (χ4v) is 6.31. The third-order valence-electron chi connectivity index (χ3n) is 7.02. The van der Waals surface area contributed by atoms with Crippen LogP contribution in [0.2, 0.25) is 0 Å². The van der Waals surface area contributed by atoms with Crippen molar-refractivity contribution in [3.8, 4) is 6.07 Å². The quantitative estimate of drug-likeness (QED) is 0.238. The number of carbonyl (C=O) groups is 1. The van der Waals surface area contributed by atoms with Gasteiger partial charge in [0.2, 0.25) is 0 Å². The van der Waals surface area contributed by atoms with E-state index in [1.807, 2.05) is 38.1 Å². The summed E-state index contributed by atoms with van der Waals surface area (Å²) in [6.45, 7) is 11.0. The Balaban J connectivity index is 1.72. The highest BCUT2D eigenvalue weighted by Crippen LogP contribution is 2.36. The van der Waals surface area contributed by atoms with E-state index in [0.29, 0.717) is 60.6 Å². The number of para-hydroxylation sites is 1. The Morgan fingerprint density at radius 3 is 2.41 bits per heavy atom. The predicted octanol–water partition coefficient (Wildman–Crippen LogP) is 4.39. The van der Waals surface area contributed by atoms with Gasteiger partial charge in [-0.2, -0.15) is 5.26 Å². The zero-order valence-electron chi connectivity index (χ0n) is 22.8. The van der Waals surface area contributed by atoms with Gasteiger partial charge in [-0.3, -0.25) is 19.1 Å². The Morgan fingerprint density at radius 2 is 1.77 bits per heavy atom. The van der Waals surface area contributed by atoms with Crippen LogP contribution in [0.25, 0.3) is 6.08 Å². The molecule has 1 amide bonds. The second-order valence-electron chi connectivity index (χ2n) is 9.50.